The van der Waals surface area contributed by atoms with Gasteiger partial charge in [0.05, 0.1) is 22.1 Å². The maximum absolute atomic E-state index is 12.6. The first-order valence-electron chi connectivity index (χ1n) is 7.83. The Morgan fingerprint density at radius 2 is 1.92 bits per heavy atom. The van der Waals surface area contributed by atoms with Crippen LogP contribution in [0.3, 0.4) is 0 Å². The Labute approximate surface area is 161 Å². The van der Waals surface area contributed by atoms with E-state index in [2.05, 4.69) is 15.6 Å². The number of carbonyl (C=O) groups excluding carboxylic acids is 1. The highest BCUT2D eigenvalue weighted by atomic mass is 35.5. The van der Waals surface area contributed by atoms with Crippen molar-refractivity contribution in [1.29, 1.82) is 0 Å². The van der Waals surface area contributed by atoms with E-state index in [1.54, 1.807) is 35.9 Å². The largest absolute Gasteiger partial charge is 0.376 e. The van der Waals surface area contributed by atoms with Crippen molar-refractivity contribution in [3.8, 4) is 5.69 Å². The van der Waals surface area contributed by atoms with Crippen LogP contribution in [0, 0.1) is 6.92 Å². The summed E-state index contributed by atoms with van der Waals surface area (Å²) in [5, 5.41) is 12.0. The lowest BCUT2D eigenvalue weighted by Gasteiger charge is -2.15. The van der Waals surface area contributed by atoms with Crippen LogP contribution >= 0.6 is 23.2 Å². The summed E-state index contributed by atoms with van der Waals surface area (Å²) in [6, 6.07) is 12.5. The maximum atomic E-state index is 12.6. The Bertz CT molecular complexity index is 968. The van der Waals surface area contributed by atoms with Crippen molar-refractivity contribution >= 4 is 40.5 Å². The highest BCUT2D eigenvalue weighted by molar-refractivity contribution is 6.33. The summed E-state index contributed by atoms with van der Waals surface area (Å²) in [6.45, 7) is 1.78. The fourth-order valence-corrected chi connectivity index (χ4v) is 3.06. The molecule has 0 saturated carbocycles. The molecule has 3 aromatic rings. The molecule has 0 aliphatic heterocycles. The van der Waals surface area contributed by atoms with Crippen LogP contribution in [-0.4, -0.2) is 35.0 Å². The molecule has 2 aromatic carbocycles. The summed E-state index contributed by atoms with van der Waals surface area (Å²) >= 11 is 12.3. The van der Waals surface area contributed by atoms with Crippen LogP contribution < -0.4 is 10.2 Å². The second-order valence-electron chi connectivity index (χ2n) is 5.93. The Morgan fingerprint density at radius 3 is 2.58 bits per heavy atom. The molecule has 0 unspecified atom stereocenters. The molecule has 6 nitrogen and oxygen atoms in total. The summed E-state index contributed by atoms with van der Waals surface area (Å²) in [7, 11) is 3.80. The fourth-order valence-electron chi connectivity index (χ4n) is 2.53. The van der Waals surface area contributed by atoms with Gasteiger partial charge in [0, 0.05) is 24.8 Å². The molecule has 0 fully saturated rings. The zero-order chi connectivity index (χ0) is 18.8. The number of hydrogen-bond donors (Lipinski definition) is 1. The molecule has 1 N–H and O–H groups in total. The second kappa shape index (κ2) is 7.35. The molecule has 134 valence electrons. The molecule has 26 heavy (non-hydrogen) atoms. The summed E-state index contributed by atoms with van der Waals surface area (Å²) in [5.41, 5.74) is 3.04. The Balaban J connectivity index is 1.84. The minimum atomic E-state index is -0.357. The van der Waals surface area contributed by atoms with Gasteiger partial charge in [-0.1, -0.05) is 34.5 Å². The van der Waals surface area contributed by atoms with Gasteiger partial charge in [-0.2, -0.15) is 0 Å². The van der Waals surface area contributed by atoms with Crippen molar-refractivity contribution in [2.75, 3.05) is 24.3 Å². The lowest BCUT2D eigenvalue weighted by atomic mass is 10.2. The molecule has 3 rings (SSSR count). The van der Waals surface area contributed by atoms with Crippen LogP contribution in [0.25, 0.3) is 5.69 Å². The van der Waals surface area contributed by atoms with Crippen molar-refractivity contribution in [3.63, 3.8) is 0 Å². The van der Waals surface area contributed by atoms with E-state index >= 15 is 0 Å². The molecule has 0 aliphatic rings. The third-order valence-electron chi connectivity index (χ3n) is 3.85. The summed E-state index contributed by atoms with van der Waals surface area (Å²) < 4.78 is 1.57. The molecule has 1 amide bonds. The predicted molar refractivity (Wildman–Crippen MR) is 105 cm³/mol. The monoisotopic (exact) mass is 389 g/mol. The van der Waals surface area contributed by atoms with Crippen LogP contribution in [0.2, 0.25) is 10.0 Å². The zero-order valence-electron chi connectivity index (χ0n) is 14.5. The smallest absolute Gasteiger partial charge is 0.278 e. The number of nitrogens with zero attached hydrogens (tertiary/aromatic N) is 4. The van der Waals surface area contributed by atoms with Gasteiger partial charge in [0.25, 0.3) is 5.91 Å². The summed E-state index contributed by atoms with van der Waals surface area (Å²) in [5.74, 6) is -0.357. The van der Waals surface area contributed by atoms with Crippen LogP contribution in [0.1, 0.15) is 16.2 Å². The SMILES string of the molecule is Cc1c(C(=O)Nc2ccc(N(C)C)c(Cl)c2)nnn1-c1cccc(Cl)c1. The van der Waals surface area contributed by atoms with Gasteiger partial charge >= 0.3 is 0 Å². The van der Waals surface area contributed by atoms with Gasteiger partial charge in [0.15, 0.2) is 5.69 Å². The van der Waals surface area contributed by atoms with E-state index < -0.39 is 0 Å². The van der Waals surface area contributed by atoms with E-state index in [1.165, 1.54) is 0 Å². The standard InChI is InChI=1S/C18H17Cl2N5O/c1-11-17(22-23-25(11)14-6-4-5-12(19)9-14)18(26)21-13-7-8-16(24(2)3)15(20)10-13/h4-10H,1-3H3,(H,21,26). The minimum Gasteiger partial charge on any atom is -0.376 e. The number of aromatic nitrogens is 3. The quantitative estimate of drug-likeness (QED) is 0.725. The van der Waals surface area contributed by atoms with Crippen LogP contribution in [0.4, 0.5) is 11.4 Å². The van der Waals surface area contributed by atoms with Gasteiger partial charge in [-0.15, -0.1) is 5.10 Å². The first-order valence-corrected chi connectivity index (χ1v) is 8.59. The predicted octanol–water partition coefficient (Wildman–Crippen LogP) is 4.20. The average molecular weight is 390 g/mol. The summed E-state index contributed by atoms with van der Waals surface area (Å²) in [4.78, 5) is 14.5. The molecular weight excluding hydrogens is 373 g/mol. The van der Waals surface area contributed by atoms with E-state index in [1.807, 2.05) is 37.2 Å². The van der Waals surface area contributed by atoms with E-state index in [0.29, 0.717) is 21.4 Å². The number of carbonyl (C=O) groups is 1. The number of amides is 1. The molecule has 1 aromatic heterocycles. The van der Waals surface area contributed by atoms with Gasteiger partial charge in [-0.05, 0) is 43.3 Å². The maximum Gasteiger partial charge on any atom is 0.278 e. The number of anilines is 2. The van der Waals surface area contributed by atoms with Crippen LogP contribution in [-0.2, 0) is 0 Å². The van der Waals surface area contributed by atoms with E-state index in [0.717, 1.165) is 11.4 Å². The van der Waals surface area contributed by atoms with Crippen molar-refractivity contribution in [2.24, 2.45) is 0 Å². The van der Waals surface area contributed by atoms with Crippen molar-refractivity contribution in [1.82, 2.24) is 15.0 Å². The second-order valence-corrected chi connectivity index (χ2v) is 6.77. The van der Waals surface area contributed by atoms with E-state index in [-0.39, 0.29) is 11.6 Å². The topological polar surface area (TPSA) is 63.1 Å². The van der Waals surface area contributed by atoms with E-state index in [4.69, 9.17) is 23.2 Å². The number of benzene rings is 2. The van der Waals surface area contributed by atoms with E-state index in [9.17, 15) is 4.79 Å². The lowest BCUT2D eigenvalue weighted by Crippen LogP contribution is -2.15. The third kappa shape index (κ3) is 3.66. The van der Waals surface area contributed by atoms with Crippen LogP contribution in [0.15, 0.2) is 42.5 Å². The lowest BCUT2D eigenvalue weighted by molar-refractivity contribution is 0.102. The first kappa shape index (κ1) is 18.2. The summed E-state index contributed by atoms with van der Waals surface area (Å²) in [6.07, 6.45) is 0. The van der Waals surface area contributed by atoms with Gasteiger partial charge in [0.1, 0.15) is 0 Å². The molecular formula is C18H17Cl2N5O. The normalized spacial score (nSPS) is 10.7. The fraction of sp³-hybridized carbons (Fsp3) is 0.167. The first-order chi connectivity index (χ1) is 12.4. The average Bonchev–Trinajstić information content (AvgIpc) is 2.96. The highest BCUT2D eigenvalue weighted by Gasteiger charge is 2.18. The molecule has 0 aliphatic carbocycles. The highest BCUT2D eigenvalue weighted by Crippen LogP contribution is 2.27. The van der Waals surface area contributed by atoms with Gasteiger partial charge in [-0.25, -0.2) is 4.68 Å². The molecule has 1 heterocycles. The number of rotatable bonds is 4. The molecule has 0 radical (unpaired) electrons. The number of halogens is 2. The third-order valence-corrected chi connectivity index (χ3v) is 4.39. The Hall–Kier alpha value is -2.57. The van der Waals surface area contributed by atoms with Crippen molar-refractivity contribution < 1.29 is 4.79 Å². The molecule has 0 saturated heterocycles. The van der Waals surface area contributed by atoms with Crippen molar-refractivity contribution in [3.05, 3.63) is 63.9 Å². The number of hydrogen-bond acceptors (Lipinski definition) is 4. The number of nitrogens with one attached hydrogen (secondary N) is 1. The van der Waals surface area contributed by atoms with Crippen LogP contribution in [0.5, 0.6) is 0 Å². The molecule has 0 spiro atoms. The molecule has 8 heteroatoms. The molecule has 0 bridgehead atoms. The van der Waals surface area contributed by atoms with Gasteiger partial charge in [0.2, 0.25) is 0 Å². The molecule has 0 atom stereocenters. The Morgan fingerprint density at radius 1 is 1.15 bits per heavy atom. The Kier molecular flexibility index (Phi) is 5.15. The zero-order valence-corrected chi connectivity index (χ0v) is 16.0. The van der Waals surface area contributed by atoms with Gasteiger partial charge in [-0.3, -0.25) is 4.79 Å². The van der Waals surface area contributed by atoms with Crippen molar-refractivity contribution in [2.45, 2.75) is 6.92 Å². The van der Waals surface area contributed by atoms with Gasteiger partial charge < -0.3 is 10.2 Å². The minimum absolute atomic E-state index is 0.234.